The third-order valence-corrected chi connectivity index (χ3v) is 2.85. The van der Waals surface area contributed by atoms with Gasteiger partial charge in [0.05, 0.1) is 19.3 Å². The highest BCUT2D eigenvalue weighted by molar-refractivity contribution is 5.92. The molecule has 0 spiro atoms. The summed E-state index contributed by atoms with van der Waals surface area (Å²) < 4.78 is 9.86. The molecule has 1 saturated heterocycles. The van der Waals surface area contributed by atoms with E-state index in [9.17, 15) is 14.7 Å². The first kappa shape index (κ1) is 11.7. The molecule has 1 aliphatic heterocycles. The van der Waals surface area contributed by atoms with Crippen molar-refractivity contribution in [2.75, 3.05) is 7.11 Å². The van der Waals surface area contributed by atoms with E-state index in [0.717, 1.165) is 0 Å². The Bertz CT molecular complexity index is 414. The number of ether oxygens (including phenoxy) is 2. The van der Waals surface area contributed by atoms with Crippen molar-refractivity contribution in [1.82, 2.24) is 5.32 Å². The number of aliphatic hydroxyl groups excluding tert-OH is 1. The number of rotatable bonds is 1. The molecule has 0 saturated carbocycles. The molecule has 1 aliphatic carbocycles. The Labute approximate surface area is 97.9 Å². The molecule has 92 valence electrons. The lowest BCUT2D eigenvalue weighted by Crippen LogP contribution is -2.57. The normalized spacial score (nSPS) is 31.9. The molecule has 6 heteroatoms. The van der Waals surface area contributed by atoms with Gasteiger partial charge in [-0.25, -0.2) is 4.79 Å². The maximum absolute atomic E-state index is 11.4. The van der Waals surface area contributed by atoms with Gasteiger partial charge in [0, 0.05) is 12.0 Å². The highest BCUT2D eigenvalue weighted by Crippen LogP contribution is 2.27. The van der Waals surface area contributed by atoms with Crippen molar-refractivity contribution in [3.05, 3.63) is 24.0 Å². The molecule has 1 heterocycles. The van der Waals surface area contributed by atoms with Gasteiger partial charge in [-0.15, -0.1) is 0 Å². The summed E-state index contributed by atoms with van der Waals surface area (Å²) in [5.74, 6) is -0.960. The Morgan fingerprint density at radius 2 is 2.41 bits per heavy atom. The van der Waals surface area contributed by atoms with Gasteiger partial charge in [0.2, 0.25) is 0 Å². The Hall–Kier alpha value is -1.82. The number of hydrogen-bond acceptors (Lipinski definition) is 5. The molecule has 2 aliphatic rings. The predicted molar refractivity (Wildman–Crippen MR) is 56.7 cm³/mol. The number of carbonyl (C=O) groups excluding carboxylic acids is 2. The quantitative estimate of drug-likeness (QED) is 0.464. The average molecular weight is 239 g/mol. The zero-order chi connectivity index (χ0) is 12.6. The molecule has 0 aromatic heterocycles. The highest BCUT2D eigenvalue weighted by Gasteiger charge is 2.41. The van der Waals surface area contributed by atoms with Crippen LogP contribution in [0.3, 0.4) is 0 Å². The number of methoxy groups -OCH3 is 1. The van der Waals surface area contributed by atoms with Crippen molar-refractivity contribution in [1.29, 1.82) is 0 Å². The van der Waals surface area contributed by atoms with Crippen LogP contribution in [0.15, 0.2) is 24.0 Å². The van der Waals surface area contributed by atoms with E-state index in [4.69, 9.17) is 4.74 Å². The second-order valence-electron chi connectivity index (χ2n) is 3.96. The van der Waals surface area contributed by atoms with E-state index in [0.29, 0.717) is 5.57 Å². The van der Waals surface area contributed by atoms with Crippen molar-refractivity contribution in [3.8, 4) is 0 Å². The fraction of sp³-hybridized carbons (Fsp3) is 0.455. The molecule has 1 fully saturated rings. The minimum atomic E-state index is -0.972. The second kappa shape index (κ2) is 4.21. The molecule has 1 amide bonds. The van der Waals surface area contributed by atoms with Gasteiger partial charge in [-0.3, -0.25) is 4.79 Å². The van der Waals surface area contributed by atoms with Gasteiger partial charge in [-0.05, 0) is 6.08 Å². The van der Waals surface area contributed by atoms with Gasteiger partial charge >= 0.3 is 5.97 Å². The number of morpholine rings is 1. The molecule has 3 unspecified atom stereocenters. The fourth-order valence-electron chi connectivity index (χ4n) is 1.99. The highest BCUT2D eigenvalue weighted by atomic mass is 16.5. The van der Waals surface area contributed by atoms with Crippen LogP contribution in [0.25, 0.3) is 0 Å². The van der Waals surface area contributed by atoms with Crippen LogP contribution in [-0.4, -0.2) is 42.3 Å². The number of esters is 1. The molecule has 0 radical (unpaired) electrons. The lowest BCUT2D eigenvalue weighted by atomic mass is 9.89. The second-order valence-corrected chi connectivity index (χ2v) is 3.96. The molecule has 0 aromatic rings. The summed E-state index contributed by atoms with van der Waals surface area (Å²) in [6.07, 6.45) is 0.188. The maximum Gasteiger partial charge on any atom is 0.333 e. The third kappa shape index (κ3) is 2.03. The molecular weight excluding hydrogens is 226 g/mol. The number of hydrogen-bond donors (Lipinski definition) is 2. The summed E-state index contributed by atoms with van der Waals surface area (Å²) in [6, 6.07) is -0.554. The summed E-state index contributed by atoms with van der Waals surface area (Å²) in [4.78, 5) is 22.7. The molecule has 17 heavy (non-hydrogen) atoms. The molecule has 0 aromatic carbocycles. The largest absolute Gasteiger partial charge is 0.483 e. The zero-order valence-electron chi connectivity index (χ0n) is 9.30. The third-order valence-electron chi connectivity index (χ3n) is 2.85. The number of nitrogens with one attached hydrogen (secondary N) is 1. The van der Waals surface area contributed by atoms with E-state index in [1.54, 1.807) is 0 Å². The van der Waals surface area contributed by atoms with Crippen molar-refractivity contribution in [2.24, 2.45) is 0 Å². The molecule has 2 rings (SSSR count). The number of aliphatic hydroxyl groups is 1. The van der Waals surface area contributed by atoms with Gasteiger partial charge in [-0.1, -0.05) is 6.58 Å². The first-order valence-corrected chi connectivity index (χ1v) is 5.16. The van der Waals surface area contributed by atoms with E-state index in [2.05, 4.69) is 16.6 Å². The van der Waals surface area contributed by atoms with Crippen LogP contribution >= 0.6 is 0 Å². The van der Waals surface area contributed by atoms with Crippen LogP contribution in [0.1, 0.15) is 6.42 Å². The molecule has 6 nitrogen and oxygen atoms in total. The van der Waals surface area contributed by atoms with Crippen LogP contribution in [0.4, 0.5) is 0 Å². The predicted octanol–water partition coefficient (Wildman–Crippen LogP) is -0.752. The topological polar surface area (TPSA) is 84.9 Å². The maximum atomic E-state index is 11.4. The number of carbonyl (C=O) groups is 2. The first-order chi connectivity index (χ1) is 8.02. The minimum Gasteiger partial charge on any atom is -0.483 e. The molecular formula is C11H13NO5. The Balaban J connectivity index is 2.21. The number of fused-ring (bicyclic) bond motifs is 1. The Morgan fingerprint density at radius 1 is 1.71 bits per heavy atom. The van der Waals surface area contributed by atoms with Gasteiger partial charge < -0.3 is 19.9 Å². The van der Waals surface area contributed by atoms with Crippen molar-refractivity contribution < 1.29 is 24.2 Å². The van der Waals surface area contributed by atoms with Gasteiger partial charge in [0.25, 0.3) is 5.91 Å². The lowest BCUT2D eigenvalue weighted by molar-refractivity contribution is -0.138. The van der Waals surface area contributed by atoms with Crippen LogP contribution in [0.2, 0.25) is 0 Å². The summed E-state index contributed by atoms with van der Waals surface area (Å²) in [6.45, 7) is 3.45. The molecule has 0 bridgehead atoms. The summed E-state index contributed by atoms with van der Waals surface area (Å²) in [5.41, 5.74) is 0.338. The van der Waals surface area contributed by atoms with E-state index >= 15 is 0 Å². The summed E-state index contributed by atoms with van der Waals surface area (Å²) >= 11 is 0. The van der Waals surface area contributed by atoms with E-state index in [1.165, 1.54) is 13.2 Å². The smallest absolute Gasteiger partial charge is 0.333 e. The lowest BCUT2D eigenvalue weighted by Gasteiger charge is -2.38. The van der Waals surface area contributed by atoms with Crippen molar-refractivity contribution >= 4 is 11.9 Å². The van der Waals surface area contributed by atoms with Crippen molar-refractivity contribution in [3.63, 3.8) is 0 Å². The first-order valence-electron chi connectivity index (χ1n) is 5.16. The van der Waals surface area contributed by atoms with E-state index < -0.39 is 30.1 Å². The minimum absolute atomic E-state index is 0.00966. The van der Waals surface area contributed by atoms with Gasteiger partial charge in [0.1, 0.15) is 6.10 Å². The van der Waals surface area contributed by atoms with E-state index in [-0.39, 0.29) is 12.2 Å². The summed E-state index contributed by atoms with van der Waals surface area (Å²) in [5, 5.41) is 12.4. The monoisotopic (exact) mass is 239 g/mol. The standard InChI is InChI=1S/C11H13NO5/c1-5-10(14)12-9-7(13)3-6(11(15)16-2)4-8(9)17-5/h3,7-9,13H,1,4H2,2H3,(H,12,14). The van der Waals surface area contributed by atoms with Crippen molar-refractivity contribution in [2.45, 2.75) is 24.7 Å². The molecule has 2 N–H and O–H groups in total. The van der Waals surface area contributed by atoms with Crippen LogP contribution in [-0.2, 0) is 19.1 Å². The van der Waals surface area contributed by atoms with Crippen LogP contribution in [0, 0.1) is 0 Å². The summed E-state index contributed by atoms with van der Waals surface area (Å²) in [7, 11) is 1.27. The SMILES string of the molecule is C=C1OC2CC(C(=O)OC)=CC(O)C2NC1=O. The average Bonchev–Trinajstić information content (AvgIpc) is 2.30. The van der Waals surface area contributed by atoms with Gasteiger partial charge in [-0.2, -0.15) is 0 Å². The Kier molecular flexibility index (Phi) is 2.89. The fourth-order valence-corrected chi connectivity index (χ4v) is 1.99. The molecule has 3 atom stereocenters. The van der Waals surface area contributed by atoms with Gasteiger partial charge in [0.15, 0.2) is 5.76 Å². The van der Waals surface area contributed by atoms with Crippen LogP contribution < -0.4 is 5.32 Å². The van der Waals surface area contributed by atoms with E-state index in [1.807, 2.05) is 0 Å². The number of amides is 1. The Morgan fingerprint density at radius 3 is 3.06 bits per heavy atom. The van der Waals surface area contributed by atoms with Crippen LogP contribution in [0.5, 0.6) is 0 Å². The zero-order valence-corrected chi connectivity index (χ0v) is 9.30.